The van der Waals surface area contributed by atoms with E-state index in [-0.39, 0.29) is 29.5 Å². The van der Waals surface area contributed by atoms with Crippen molar-refractivity contribution in [2.75, 3.05) is 6.54 Å². The van der Waals surface area contributed by atoms with E-state index in [2.05, 4.69) is 5.32 Å². The first-order valence-corrected chi connectivity index (χ1v) is 5.10. The number of rotatable bonds is 3. The van der Waals surface area contributed by atoms with E-state index < -0.39 is 5.97 Å². The van der Waals surface area contributed by atoms with Gasteiger partial charge in [0, 0.05) is 22.6 Å². The van der Waals surface area contributed by atoms with Crippen molar-refractivity contribution in [1.29, 1.82) is 0 Å². The van der Waals surface area contributed by atoms with Crippen molar-refractivity contribution in [3.63, 3.8) is 0 Å². The predicted molar refractivity (Wildman–Crippen MR) is 65.6 cm³/mol. The largest absolute Gasteiger partial charge is 0.494 e. The molecule has 0 heterocycles. The zero-order chi connectivity index (χ0) is 12.5. The van der Waals surface area contributed by atoms with E-state index in [1.807, 2.05) is 30.3 Å². The van der Waals surface area contributed by atoms with E-state index in [1.165, 1.54) is 0 Å². The van der Waals surface area contributed by atoms with Crippen LogP contribution >= 0.6 is 0 Å². The molecule has 18 heavy (non-hydrogen) atoms. The summed E-state index contributed by atoms with van der Waals surface area (Å²) < 4.78 is 0. The number of aliphatic hydroxyl groups is 1. The fourth-order valence-electron chi connectivity index (χ4n) is 1.11. The van der Waals surface area contributed by atoms with Gasteiger partial charge >= 0.3 is 5.97 Å². The molecule has 3 N–H and O–H groups in total. The number of carboxylic acids is 1. The molecule has 4 nitrogen and oxygen atoms in total. The molecule has 0 saturated carbocycles. The minimum atomic E-state index is -1.01. The fraction of sp³-hybridized carbons (Fsp3) is 0.0769. The summed E-state index contributed by atoms with van der Waals surface area (Å²) in [5, 5.41) is 19.8. The first kappa shape index (κ1) is 16.2. The van der Waals surface area contributed by atoms with Crippen LogP contribution in [-0.4, -0.2) is 22.7 Å². The summed E-state index contributed by atoms with van der Waals surface area (Å²) in [6, 6.07) is 10.0. The molecule has 0 radical (unpaired) electrons. The van der Waals surface area contributed by atoms with Crippen molar-refractivity contribution in [2.24, 2.45) is 0 Å². The molecule has 0 saturated heterocycles. The number of hydrogen-bond acceptors (Lipinski definition) is 3. The van der Waals surface area contributed by atoms with Crippen LogP contribution in [0.25, 0.3) is 0 Å². The third-order valence-corrected chi connectivity index (χ3v) is 1.90. The second-order valence-electron chi connectivity index (χ2n) is 3.23. The van der Waals surface area contributed by atoms with Crippen molar-refractivity contribution >= 4 is 5.97 Å². The summed E-state index contributed by atoms with van der Waals surface area (Å²) >= 11 is 0. The smallest absolute Gasteiger partial charge is 0.322 e. The van der Waals surface area contributed by atoms with Gasteiger partial charge in [0.2, 0.25) is 0 Å². The van der Waals surface area contributed by atoms with Crippen LogP contribution in [0.1, 0.15) is 0 Å². The van der Waals surface area contributed by atoms with E-state index in [1.54, 1.807) is 24.3 Å². The Hall–Kier alpha value is -1.84. The quantitative estimate of drug-likeness (QED) is 0.452. The molecular formula is C13H14FeNO3-. The molecule has 1 aliphatic carbocycles. The number of hydrogen-bond donors (Lipinski definition) is 3. The molecule has 1 aliphatic rings. The van der Waals surface area contributed by atoms with Crippen molar-refractivity contribution in [3.05, 3.63) is 66.1 Å². The van der Waals surface area contributed by atoms with Crippen LogP contribution in [0.4, 0.5) is 0 Å². The van der Waals surface area contributed by atoms with Crippen LogP contribution < -0.4 is 5.32 Å². The van der Waals surface area contributed by atoms with Gasteiger partial charge in [-0.25, -0.2) is 12.1 Å². The van der Waals surface area contributed by atoms with Gasteiger partial charge in [0.25, 0.3) is 0 Å². The maximum absolute atomic E-state index is 10.1. The van der Waals surface area contributed by atoms with E-state index in [9.17, 15) is 9.90 Å². The van der Waals surface area contributed by atoms with Crippen LogP contribution in [0.15, 0.2) is 66.1 Å². The summed E-state index contributed by atoms with van der Waals surface area (Å²) in [5.41, 5.74) is 0.594. The third kappa shape index (κ3) is 6.68. The standard InChI is InChI=1S/C8H9NO3.C5H5.Fe/c10-7(11)5-9-8(12)6-3-1-2-4-6;1-2-4-5-3-1;/h1-4,9,12H,5H2,(H,10,11);1-5H;/q;-1;. The van der Waals surface area contributed by atoms with Crippen molar-refractivity contribution in [3.8, 4) is 0 Å². The molecule has 0 amide bonds. The second-order valence-corrected chi connectivity index (χ2v) is 3.23. The maximum atomic E-state index is 10.1. The molecule has 1 aromatic carbocycles. The Balaban J connectivity index is 0.000000405. The second kappa shape index (κ2) is 9.22. The Kier molecular flexibility index (Phi) is 8.27. The number of nitrogens with one attached hydrogen (secondary N) is 1. The predicted octanol–water partition coefficient (Wildman–Crippen LogP) is 1.96. The Morgan fingerprint density at radius 2 is 1.72 bits per heavy atom. The molecule has 0 atom stereocenters. The Morgan fingerprint density at radius 3 is 2.11 bits per heavy atom. The van der Waals surface area contributed by atoms with E-state index in [0.717, 1.165) is 0 Å². The van der Waals surface area contributed by atoms with Crippen LogP contribution in [0.3, 0.4) is 0 Å². The molecule has 0 unspecified atom stereocenters. The maximum Gasteiger partial charge on any atom is 0.322 e. The zero-order valence-corrected chi connectivity index (χ0v) is 10.7. The summed E-state index contributed by atoms with van der Waals surface area (Å²) in [5.74, 6) is -1.12. The van der Waals surface area contributed by atoms with Crippen molar-refractivity contribution < 1.29 is 32.1 Å². The van der Waals surface area contributed by atoms with Gasteiger partial charge < -0.3 is 15.5 Å². The van der Waals surface area contributed by atoms with Gasteiger partial charge in [-0.2, -0.15) is 18.2 Å². The molecule has 0 aromatic heterocycles. The number of allylic oxidation sites excluding steroid dienone is 5. The van der Waals surface area contributed by atoms with Gasteiger partial charge in [-0.3, -0.25) is 4.79 Å². The van der Waals surface area contributed by atoms with Crippen LogP contribution in [-0.2, 0) is 21.9 Å². The Morgan fingerprint density at radius 1 is 1.17 bits per heavy atom. The van der Waals surface area contributed by atoms with Gasteiger partial charge in [0.15, 0.2) is 5.88 Å². The monoisotopic (exact) mass is 288 g/mol. The van der Waals surface area contributed by atoms with Gasteiger partial charge in [0.05, 0.1) is 0 Å². The Labute approximate surface area is 116 Å². The first-order chi connectivity index (χ1) is 8.20. The van der Waals surface area contributed by atoms with E-state index >= 15 is 0 Å². The van der Waals surface area contributed by atoms with Crippen LogP contribution in [0.5, 0.6) is 0 Å². The molecule has 5 heteroatoms. The molecule has 0 bridgehead atoms. The molecule has 98 valence electrons. The topological polar surface area (TPSA) is 69.6 Å². The summed E-state index contributed by atoms with van der Waals surface area (Å²) in [6.45, 7) is -0.281. The SMILES string of the molecule is O=C(O)CNC(O)=C1C=CC=C1.[Fe].c1cc[cH-]c1. The molecule has 0 aliphatic heterocycles. The summed E-state index contributed by atoms with van der Waals surface area (Å²) in [7, 11) is 0. The molecule has 2 rings (SSSR count). The van der Waals surface area contributed by atoms with Gasteiger partial charge in [0.1, 0.15) is 6.54 Å². The first-order valence-electron chi connectivity index (χ1n) is 5.10. The van der Waals surface area contributed by atoms with Crippen LogP contribution in [0.2, 0.25) is 0 Å². The Bertz CT molecular complexity index is 402. The summed E-state index contributed by atoms with van der Waals surface area (Å²) in [6.07, 6.45) is 6.89. The average Bonchev–Trinajstić information content (AvgIpc) is 2.99. The van der Waals surface area contributed by atoms with Crippen molar-refractivity contribution in [2.45, 2.75) is 0 Å². The third-order valence-electron chi connectivity index (χ3n) is 1.90. The number of carboxylic acid groups (broad SMARTS) is 1. The molecule has 1 aromatic rings. The average molecular weight is 288 g/mol. The normalized spacial score (nSPS) is 11.2. The van der Waals surface area contributed by atoms with Crippen LogP contribution in [0, 0.1) is 0 Å². The van der Waals surface area contributed by atoms with Crippen molar-refractivity contribution in [1.82, 2.24) is 5.32 Å². The zero-order valence-electron chi connectivity index (χ0n) is 9.56. The fourth-order valence-corrected chi connectivity index (χ4v) is 1.11. The molecule has 0 fully saturated rings. The van der Waals surface area contributed by atoms with E-state index in [4.69, 9.17) is 5.11 Å². The van der Waals surface area contributed by atoms with Gasteiger partial charge in [-0.1, -0.05) is 12.2 Å². The molecule has 0 spiro atoms. The molecular weight excluding hydrogens is 274 g/mol. The number of carbonyl (C=O) groups is 1. The minimum absolute atomic E-state index is 0. The number of aliphatic carboxylic acids is 1. The number of aliphatic hydroxyl groups excluding tert-OH is 1. The van der Waals surface area contributed by atoms with E-state index in [0.29, 0.717) is 5.57 Å². The van der Waals surface area contributed by atoms with Gasteiger partial charge in [-0.15, -0.1) is 0 Å². The summed E-state index contributed by atoms with van der Waals surface area (Å²) in [4.78, 5) is 10.1. The minimum Gasteiger partial charge on any atom is -0.494 e. The van der Waals surface area contributed by atoms with Gasteiger partial charge in [-0.05, 0) is 12.2 Å².